The molecule has 4 saturated carbocycles. The number of allylic oxidation sites excluding steroid dienone is 1. The molecule has 4 aliphatic rings. The van der Waals surface area contributed by atoms with Crippen LogP contribution in [0.15, 0.2) is 12.2 Å². The summed E-state index contributed by atoms with van der Waals surface area (Å²) in [5, 5.41) is -0.771. The molecule has 4 fully saturated rings. The maximum Gasteiger partial charge on any atom is 0.268 e. The average Bonchev–Trinajstić information content (AvgIpc) is 3.04. The lowest BCUT2D eigenvalue weighted by atomic mass is 9.44. The summed E-state index contributed by atoms with van der Waals surface area (Å²) in [5.41, 5.74) is 1.38. The molecule has 1 N–H and O–H groups in total. The Bertz CT molecular complexity index is 863. The minimum atomic E-state index is -4.17. The van der Waals surface area contributed by atoms with Crippen molar-refractivity contribution in [1.82, 2.24) is 0 Å². The van der Waals surface area contributed by atoms with Crippen molar-refractivity contribution in [2.75, 3.05) is 0 Å². The van der Waals surface area contributed by atoms with Crippen LogP contribution in [0, 0.1) is 46.3 Å². The zero-order chi connectivity index (χ0) is 23.5. The van der Waals surface area contributed by atoms with E-state index in [4.69, 9.17) is 0 Å². The van der Waals surface area contributed by atoms with Gasteiger partial charge in [-0.1, -0.05) is 32.8 Å². The summed E-state index contributed by atoms with van der Waals surface area (Å²) in [4.78, 5) is 12.3. The molecular weight excluding hydrogens is 420 g/mol. The Morgan fingerprint density at radius 3 is 2.47 bits per heavy atom. The third-order valence-electron chi connectivity index (χ3n) is 10.9. The summed E-state index contributed by atoms with van der Waals surface area (Å²) in [5.74, 6) is 2.69. The van der Waals surface area contributed by atoms with Crippen molar-refractivity contribution in [3.8, 4) is 0 Å². The maximum absolute atomic E-state index is 12.5. The van der Waals surface area contributed by atoms with E-state index >= 15 is 0 Å². The van der Waals surface area contributed by atoms with Gasteiger partial charge in [-0.3, -0.25) is 9.35 Å². The SMILES string of the molecule is C=C(C)CCC[C@@H](C)[C@H]1CC[C@H]2[C@@H]3CC(S(=O)(=O)O)C4CC(=O)CC[C@]4(C)[C@H]3CC[C@]12C. The van der Waals surface area contributed by atoms with Crippen molar-refractivity contribution in [2.24, 2.45) is 46.3 Å². The van der Waals surface area contributed by atoms with Crippen LogP contribution in [0.3, 0.4) is 0 Å². The van der Waals surface area contributed by atoms with Crippen molar-refractivity contribution in [3.63, 3.8) is 0 Å². The molecule has 5 heteroatoms. The topological polar surface area (TPSA) is 71.4 Å². The molecule has 2 unspecified atom stereocenters. The minimum Gasteiger partial charge on any atom is -0.300 e. The Labute approximate surface area is 195 Å². The van der Waals surface area contributed by atoms with Gasteiger partial charge in [0.05, 0.1) is 5.25 Å². The standard InChI is InChI=1S/C27H44O4S/c1-17(2)7-6-8-18(3)21-9-10-22-20-16-25(32(29,30)31)24-15-19(28)11-13-27(24,5)23(20)12-14-26(21,22)4/h18,20-25H,1,6-16H2,2-5H3,(H,29,30,31)/t18-,20+,21-,22+,23+,24?,25?,26-,27-/m1/s1. The number of carbonyl (C=O) groups is 1. The average molecular weight is 465 g/mol. The van der Waals surface area contributed by atoms with Crippen LogP contribution in [0.1, 0.15) is 98.3 Å². The van der Waals surface area contributed by atoms with E-state index in [2.05, 4.69) is 34.3 Å². The summed E-state index contributed by atoms with van der Waals surface area (Å²) < 4.78 is 35.3. The summed E-state index contributed by atoms with van der Waals surface area (Å²) in [7, 11) is -4.17. The van der Waals surface area contributed by atoms with Crippen LogP contribution in [-0.2, 0) is 14.9 Å². The monoisotopic (exact) mass is 464 g/mol. The zero-order valence-corrected chi connectivity index (χ0v) is 21.4. The molecule has 0 aromatic rings. The summed E-state index contributed by atoms with van der Waals surface area (Å²) >= 11 is 0. The minimum absolute atomic E-state index is 0.149. The van der Waals surface area contributed by atoms with Gasteiger partial charge in [0.15, 0.2) is 0 Å². The van der Waals surface area contributed by atoms with Crippen molar-refractivity contribution in [3.05, 3.63) is 12.2 Å². The number of ketones is 1. The second-order valence-corrected chi connectivity index (χ2v) is 14.2. The first-order chi connectivity index (χ1) is 14.9. The van der Waals surface area contributed by atoms with E-state index in [1.54, 1.807) is 0 Å². The second kappa shape index (κ2) is 8.52. The van der Waals surface area contributed by atoms with Crippen molar-refractivity contribution in [2.45, 2.75) is 104 Å². The lowest BCUT2D eigenvalue weighted by Gasteiger charge is -2.62. The van der Waals surface area contributed by atoms with Gasteiger partial charge in [-0.2, -0.15) is 8.42 Å². The molecule has 182 valence electrons. The van der Waals surface area contributed by atoms with Crippen LogP contribution >= 0.6 is 0 Å². The van der Waals surface area contributed by atoms with Gasteiger partial charge >= 0.3 is 0 Å². The quantitative estimate of drug-likeness (QED) is 0.361. The molecule has 4 aliphatic carbocycles. The molecule has 0 aromatic carbocycles. The first-order valence-electron chi connectivity index (χ1n) is 13.0. The number of rotatable bonds is 6. The molecule has 0 amide bonds. The van der Waals surface area contributed by atoms with E-state index in [0.29, 0.717) is 48.9 Å². The molecule has 9 atom stereocenters. The molecule has 4 rings (SSSR count). The van der Waals surface area contributed by atoms with Gasteiger partial charge in [0.1, 0.15) is 5.78 Å². The van der Waals surface area contributed by atoms with Crippen molar-refractivity contribution in [1.29, 1.82) is 0 Å². The molecule has 0 spiro atoms. The Morgan fingerprint density at radius 1 is 1.12 bits per heavy atom. The predicted octanol–water partition coefficient (Wildman–Crippen LogP) is 6.46. The van der Waals surface area contributed by atoms with Crippen LogP contribution in [0.5, 0.6) is 0 Å². The fraction of sp³-hybridized carbons (Fsp3) is 0.889. The van der Waals surface area contributed by atoms with Gasteiger partial charge in [-0.05, 0) is 105 Å². The predicted molar refractivity (Wildman–Crippen MR) is 129 cm³/mol. The number of carbonyl (C=O) groups excluding carboxylic acids is 1. The fourth-order valence-corrected chi connectivity index (χ4v) is 10.6. The van der Waals surface area contributed by atoms with Gasteiger partial charge in [-0.15, -0.1) is 6.58 Å². The summed E-state index contributed by atoms with van der Waals surface area (Å²) in [6.45, 7) is 13.3. The molecule has 0 aromatic heterocycles. The van der Waals surface area contributed by atoms with Crippen LogP contribution in [0.2, 0.25) is 0 Å². The fourth-order valence-electron chi connectivity index (χ4n) is 9.29. The van der Waals surface area contributed by atoms with E-state index < -0.39 is 15.4 Å². The number of hydrogen-bond acceptors (Lipinski definition) is 3. The molecule has 0 radical (unpaired) electrons. The number of Topliss-reactive ketones (excluding diaryl/α,β-unsaturated/α-hetero) is 1. The molecular formula is C27H44O4S. The molecule has 0 saturated heterocycles. The highest BCUT2D eigenvalue weighted by Crippen LogP contribution is 2.68. The van der Waals surface area contributed by atoms with Gasteiger partial charge in [0.2, 0.25) is 0 Å². The van der Waals surface area contributed by atoms with Crippen LogP contribution < -0.4 is 0 Å². The third-order valence-corrected chi connectivity index (χ3v) is 12.2. The van der Waals surface area contributed by atoms with E-state index in [1.807, 2.05) is 0 Å². The van der Waals surface area contributed by atoms with Crippen molar-refractivity contribution >= 4 is 15.9 Å². The van der Waals surface area contributed by atoms with Crippen LogP contribution in [0.25, 0.3) is 0 Å². The first-order valence-corrected chi connectivity index (χ1v) is 14.5. The lowest BCUT2D eigenvalue weighted by molar-refractivity contribution is -0.139. The number of hydrogen-bond donors (Lipinski definition) is 1. The third kappa shape index (κ3) is 4.04. The Hall–Kier alpha value is -0.680. The molecule has 4 nitrogen and oxygen atoms in total. The number of fused-ring (bicyclic) bond motifs is 5. The van der Waals surface area contributed by atoms with Crippen LogP contribution in [-0.4, -0.2) is 24.0 Å². The van der Waals surface area contributed by atoms with Gasteiger partial charge in [-0.25, -0.2) is 0 Å². The molecule has 32 heavy (non-hydrogen) atoms. The van der Waals surface area contributed by atoms with E-state index in [1.165, 1.54) is 37.7 Å². The molecule has 0 aliphatic heterocycles. The molecule has 0 heterocycles. The second-order valence-electron chi connectivity index (χ2n) is 12.6. The highest BCUT2D eigenvalue weighted by molar-refractivity contribution is 7.86. The highest BCUT2D eigenvalue weighted by atomic mass is 32.2. The van der Waals surface area contributed by atoms with Gasteiger partial charge in [0, 0.05) is 12.8 Å². The van der Waals surface area contributed by atoms with Crippen LogP contribution in [0.4, 0.5) is 0 Å². The lowest BCUT2D eigenvalue weighted by Crippen LogP contribution is -2.59. The highest BCUT2D eigenvalue weighted by Gasteiger charge is 2.64. The van der Waals surface area contributed by atoms with E-state index in [0.717, 1.165) is 19.3 Å². The van der Waals surface area contributed by atoms with E-state index in [-0.39, 0.29) is 22.5 Å². The van der Waals surface area contributed by atoms with Gasteiger partial charge in [0.25, 0.3) is 10.1 Å². The summed E-state index contributed by atoms with van der Waals surface area (Å²) in [6.07, 6.45) is 10.6. The zero-order valence-electron chi connectivity index (χ0n) is 20.6. The smallest absolute Gasteiger partial charge is 0.268 e. The summed E-state index contributed by atoms with van der Waals surface area (Å²) in [6, 6.07) is 0. The Kier molecular flexibility index (Phi) is 6.51. The normalized spacial score (nSPS) is 45.0. The molecule has 0 bridgehead atoms. The Morgan fingerprint density at radius 2 is 1.81 bits per heavy atom. The van der Waals surface area contributed by atoms with Gasteiger partial charge < -0.3 is 0 Å². The Balaban J connectivity index is 1.60. The van der Waals surface area contributed by atoms with E-state index in [9.17, 15) is 17.8 Å². The van der Waals surface area contributed by atoms with Crippen molar-refractivity contribution < 1.29 is 17.8 Å². The first kappa shape index (κ1) is 24.4. The largest absolute Gasteiger partial charge is 0.300 e. The maximum atomic E-state index is 12.5.